The number of methoxy groups -OCH3 is 1. The molecule has 0 heterocycles. The van der Waals surface area contributed by atoms with Gasteiger partial charge in [-0.3, -0.25) is 0 Å². The highest BCUT2D eigenvalue weighted by atomic mass is 16.5. The van der Waals surface area contributed by atoms with E-state index in [1.165, 1.54) is 18.4 Å². The number of ether oxygens (including phenoxy) is 1. The van der Waals surface area contributed by atoms with Crippen molar-refractivity contribution in [2.45, 2.75) is 18.9 Å². The standard InChI is InChI=1S/C14H24N2O/c1-15-11-5-6-14(16(2)3)12-7-9-13(17-4)10-8-12/h7-10,14-15H,5-6,11H2,1-4H3. The Morgan fingerprint density at radius 1 is 1.24 bits per heavy atom. The van der Waals surface area contributed by atoms with E-state index in [0.717, 1.165) is 12.3 Å². The molecule has 0 amide bonds. The highest BCUT2D eigenvalue weighted by Crippen LogP contribution is 2.25. The van der Waals surface area contributed by atoms with E-state index in [9.17, 15) is 0 Å². The van der Waals surface area contributed by atoms with Gasteiger partial charge in [-0.25, -0.2) is 0 Å². The first-order valence-corrected chi connectivity index (χ1v) is 6.14. The number of hydrogen-bond donors (Lipinski definition) is 1. The summed E-state index contributed by atoms with van der Waals surface area (Å²) in [7, 11) is 7.96. The minimum atomic E-state index is 0.481. The molecule has 1 N–H and O–H groups in total. The third kappa shape index (κ3) is 4.36. The van der Waals surface area contributed by atoms with Crippen LogP contribution in [0.3, 0.4) is 0 Å². The Labute approximate surface area is 105 Å². The number of nitrogens with one attached hydrogen (secondary N) is 1. The predicted molar refractivity (Wildman–Crippen MR) is 72.6 cm³/mol. The molecule has 1 atom stereocenters. The fraction of sp³-hybridized carbons (Fsp3) is 0.571. The first-order chi connectivity index (χ1) is 8.19. The van der Waals surface area contributed by atoms with Crippen molar-refractivity contribution in [1.29, 1.82) is 0 Å². The molecule has 17 heavy (non-hydrogen) atoms. The minimum absolute atomic E-state index is 0.481. The minimum Gasteiger partial charge on any atom is -0.497 e. The molecule has 0 saturated carbocycles. The van der Waals surface area contributed by atoms with Crippen molar-refractivity contribution in [3.8, 4) is 5.75 Å². The molecule has 1 aromatic carbocycles. The molecule has 1 aromatic rings. The Balaban J connectivity index is 2.68. The highest BCUT2D eigenvalue weighted by Gasteiger charge is 2.13. The molecule has 1 rings (SSSR count). The van der Waals surface area contributed by atoms with Crippen LogP contribution in [0.25, 0.3) is 0 Å². The topological polar surface area (TPSA) is 24.5 Å². The molecular formula is C14H24N2O. The van der Waals surface area contributed by atoms with Crippen LogP contribution in [0, 0.1) is 0 Å². The van der Waals surface area contributed by atoms with Gasteiger partial charge in [0.1, 0.15) is 5.75 Å². The van der Waals surface area contributed by atoms with E-state index in [4.69, 9.17) is 4.74 Å². The van der Waals surface area contributed by atoms with Gasteiger partial charge in [0.05, 0.1) is 7.11 Å². The second-order valence-corrected chi connectivity index (χ2v) is 4.50. The van der Waals surface area contributed by atoms with Gasteiger partial charge in [-0.15, -0.1) is 0 Å². The van der Waals surface area contributed by atoms with Crippen molar-refractivity contribution in [3.05, 3.63) is 29.8 Å². The molecular weight excluding hydrogens is 212 g/mol. The average Bonchev–Trinajstić information content (AvgIpc) is 2.34. The lowest BCUT2D eigenvalue weighted by Crippen LogP contribution is -2.21. The fourth-order valence-electron chi connectivity index (χ4n) is 2.02. The van der Waals surface area contributed by atoms with Crippen molar-refractivity contribution >= 4 is 0 Å². The molecule has 0 aliphatic rings. The van der Waals surface area contributed by atoms with Crippen LogP contribution in [0.15, 0.2) is 24.3 Å². The Bertz CT molecular complexity index is 309. The fourth-order valence-corrected chi connectivity index (χ4v) is 2.02. The Morgan fingerprint density at radius 3 is 2.35 bits per heavy atom. The lowest BCUT2D eigenvalue weighted by Gasteiger charge is -2.25. The zero-order valence-corrected chi connectivity index (χ0v) is 11.4. The van der Waals surface area contributed by atoms with Crippen LogP contribution in [0.2, 0.25) is 0 Å². The lowest BCUT2D eigenvalue weighted by molar-refractivity contribution is 0.278. The number of nitrogens with zero attached hydrogens (tertiary/aromatic N) is 1. The van der Waals surface area contributed by atoms with Crippen molar-refractivity contribution in [1.82, 2.24) is 10.2 Å². The molecule has 0 spiro atoms. The maximum absolute atomic E-state index is 5.18. The summed E-state index contributed by atoms with van der Waals surface area (Å²) in [6.07, 6.45) is 2.35. The van der Waals surface area contributed by atoms with Crippen LogP contribution in [-0.2, 0) is 0 Å². The molecule has 0 saturated heterocycles. The zero-order valence-electron chi connectivity index (χ0n) is 11.4. The summed E-state index contributed by atoms with van der Waals surface area (Å²) >= 11 is 0. The third-order valence-electron chi connectivity index (χ3n) is 3.03. The normalized spacial score (nSPS) is 12.8. The molecule has 96 valence electrons. The van der Waals surface area contributed by atoms with Crippen LogP contribution >= 0.6 is 0 Å². The molecule has 0 bridgehead atoms. The van der Waals surface area contributed by atoms with Crippen molar-refractivity contribution in [2.24, 2.45) is 0 Å². The summed E-state index contributed by atoms with van der Waals surface area (Å²) in [6, 6.07) is 8.86. The van der Waals surface area contributed by atoms with Gasteiger partial charge in [-0.05, 0) is 58.2 Å². The maximum atomic E-state index is 5.18. The summed E-state index contributed by atoms with van der Waals surface area (Å²) in [4.78, 5) is 2.28. The highest BCUT2D eigenvalue weighted by molar-refractivity contribution is 5.29. The first-order valence-electron chi connectivity index (χ1n) is 6.14. The van der Waals surface area contributed by atoms with E-state index in [-0.39, 0.29) is 0 Å². The lowest BCUT2D eigenvalue weighted by atomic mass is 10.0. The van der Waals surface area contributed by atoms with Crippen LogP contribution in [0.5, 0.6) is 5.75 Å². The molecule has 3 nitrogen and oxygen atoms in total. The van der Waals surface area contributed by atoms with Crippen LogP contribution < -0.4 is 10.1 Å². The van der Waals surface area contributed by atoms with Crippen molar-refractivity contribution in [3.63, 3.8) is 0 Å². The molecule has 3 heteroatoms. The van der Waals surface area contributed by atoms with E-state index in [2.05, 4.69) is 36.4 Å². The van der Waals surface area contributed by atoms with Crippen molar-refractivity contribution < 1.29 is 4.74 Å². The van der Waals surface area contributed by atoms with Gasteiger partial charge in [-0.1, -0.05) is 12.1 Å². The third-order valence-corrected chi connectivity index (χ3v) is 3.03. The monoisotopic (exact) mass is 236 g/mol. The van der Waals surface area contributed by atoms with E-state index < -0.39 is 0 Å². The Morgan fingerprint density at radius 2 is 1.88 bits per heavy atom. The predicted octanol–water partition coefficient (Wildman–Crippen LogP) is 2.30. The molecule has 0 fully saturated rings. The summed E-state index contributed by atoms with van der Waals surface area (Å²) in [5.74, 6) is 0.918. The number of benzene rings is 1. The second-order valence-electron chi connectivity index (χ2n) is 4.50. The molecule has 0 aromatic heterocycles. The van der Waals surface area contributed by atoms with Gasteiger partial charge in [-0.2, -0.15) is 0 Å². The van der Waals surface area contributed by atoms with E-state index >= 15 is 0 Å². The van der Waals surface area contributed by atoms with Crippen LogP contribution in [0.4, 0.5) is 0 Å². The SMILES string of the molecule is CNCCCC(c1ccc(OC)cc1)N(C)C. The van der Waals surface area contributed by atoms with Gasteiger partial charge < -0.3 is 15.0 Å². The molecule has 0 aliphatic carbocycles. The summed E-state index contributed by atoms with van der Waals surface area (Å²) in [5.41, 5.74) is 1.35. The van der Waals surface area contributed by atoms with Crippen LogP contribution in [0.1, 0.15) is 24.4 Å². The second kappa shape index (κ2) is 7.30. The smallest absolute Gasteiger partial charge is 0.118 e. The van der Waals surface area contributed by atoms with Crippen molar-refractivity contribution in [2.75, 3.05) is 34.8 Å². The number of rotatable bonds is 7. The molecule has 1 unspecified atom stereocenters. The number of hydrogen-bond acceptors (Lipinski definition) is 3. The van der Waals surface area contributed by atoms with Gasteiger partial charge in [0.15, 0.2) is 0 Å². The molecule has 0 aliphatic heterocycles. The van der Waals surface area contributed by atoms with Gasteiger partial charge in [0.2, 0.25) is 0 Å². The zero-order chi connectivity index (χ0) is 12.7. The van der Waals surface area contributed by atoms with Gasteiger partial charge >= 0.3 is 0 Å². The van der Waals surface area contributed by atoms with E-state index in [0.29, 0.717) is 6.04 Å². The quantitative estimate of drug-likeness (QED) is 0.735. The van der Waals surface area contributed by atoms with Gasteiger partial charge in [0, 0.05) is 6.04 Å². The summed E-state index contributed by atoms with van der Waals surface area (Å²) in [6.45, 7) is 1.07. The first kappa shape index (κ1) is 14.0. The van der Waals surface area contributed by atoms with E-state index in [1.807, 2.05) is 19.2 Å². The Hall–Kier alpha value is -1.06. The average molecular weight is 236 g/mol. The largest absolute Gasteiger partial charge is 0.497 e. The summed E-state index contributed by atoms with van der Waals surface area (Å²) < 4.78 is 5.18. The van der Waals surface area contributed by atoms with E-state index in [1.54, 1.807) is 7.11 Å². The Kier molecular flexibility index (Phi) is 6.01. The molecule has 0 radical (unpaired) electrons. The van der Waals surface area contributed by atoms with Gasteiger partial charge in [0.25, 0.3) is 0 Å². The summed E-state index contributed by atoms with van der Waals surface area (Å²) in [5, 5.41) is 3.19. The van der Waals surface area contributed by atoms with Crippen LogP contribution in [-0.4, -0.2) is 39.7 Å². The maximum Gasteiger partial charge on any atom is 0.118 e.